The largest absolute Gasteiger partial charge is 0.468 e. The van der Waals surface area contributed by atoms with Crippen molar-refractivity contribution < 1.29 is 4.42 Å². The van der Waals surface area contributed by atoms with Gasteiger partial charge in [0.05, 0.1) is 18.0 Å². The molecule has 1 atom stereocenters. The van der Waals surface area contributed by atoms with E-state index in [-0.39, 0.29) is 6.04 Å². The van der Waals surface area contributed by atoms with Crippen LogP contribution in [0.2, 0.25) is 0 Å². The van der Waals surface area contributed by atoms with Crippen molar-refractivity contribution in [2.45, 2.75) is 39.3 Å². The number of hydrogen-bond acceptors (Lipinski definition) is 3. The molecule has 0 fully saturated rings. The van der Waals surface area contributed by atoms with Gasteiger partial charge in [0.1, 0.15) is 5.76 Å². The van der Waals surface area contributed by atoms with Crippen LogP contribution < -0.4 is 5.32 Å². The summed E-state index contributed by atoms with van der Waals surface area (Å²) in [6.07, 6.45) is 3.59. The lowest BCUT2D eigenvalue weighted by Crippen LogP contribution is -2.20. The van der Waals surface area contributed by atoms with Crippen LogP contribution >= 0.6 is 0 Å². The molecule has 0 aliphatic rings. The summed E-state index contributed by atoms with van der Waals surface area (Å²) >= 11 is 0. The summed E-state index contributed by atoms with van der Waals surface area (Å²) in [5.41, 5.74) is 2.41. The molecule has 4 heteroatoms. The number of nitrogens with one attached hydrogen (secondary N) is 1. The van der Waals surface area contributed by atoms with E-state index in [1.165, 1.54) is 5.69 Å². The summed E-state index contributed by atoms with van der Waals surface area (Å²) < 4.78 is 7.55. The molecule has 0 saturated carbocycles. The van der Waals surface area contributed by atoms with Gasteiger partial charge in [0, 0.05) is 18.7 Å². The van der Waals surface area contributed by atoms with Gasteiger partial charge in [0.15, 0.2) is 0 Å². The van der Waals surface area contributed by atoms with Crippen LogP contribution in [0.25, 0.3) is 0 Å². The van der Waals surface area contributed by atoms with Crippen LogP contribution in [0.3, 0.4) is 0 Å². The minimum Gasteiger partial charge on any atom is -0.468 e. The van der Waals surface area contributed by atoms with Gasteiger partial charge in [-0.1, -0.05) is 6.92 Å². The zero-order valence-corrected chi connectivity index (χ0v) is 11.3. The smallest absolute Gasteiger partial charge is 0.121 e. The molecule has 2 heterocycles. The standard InChI is InChI=1S/C14H21N3O/c1-4-11-9-12(17(5-2)16-11)10-13(15-3)14-7-6-8-18-14/h6-9,13,15H,4-5,10H2,1-3H3. The minimum absolute atomic E-state index is 0.201. The van der Waals surface area contributed by atoms with Gasteiger partial charge in [-0.25, -0.2) is 0 Å². The minimum atomic E-state index is 0.201. The van der Waals surface area contributed by atoms with Crippen molar-refractivity contribution in [2.24, 2.45) is 0 Å². The van der Waals surface area contributed by atoms with Gasteiger partial charge in [0.25, 0.3) is 0 Å². The number of aryl methyl sites for hydroxylation is 2. The highest BCUT2D eigenvalue weighted by molar-refractivity contribution is 5.15. The molecule has 18 heavy (non-hydrogen) atoms. The van der Waals surface area contributed by atoms with Gasteiger partial charge < -0.3 is 9.73 Å². The first-order valence-corrected chi connectivity index (χ1v) is 6.54. The van der Waals surface area contributed by atoms with Crippen molar-refractivity contribution in [3.8, 4) is 0 Å². The van der Waals surface area contributed by atoms with E-state index in [9.17, 15) is 0 Å². The molecule has 0 aliphatic carbocycles. The number of rotatable bonds is 6. The lowest BCUT2D eigenvalue weighted by molar-refractivity contribution is 0.421. The van der Waals surface area contributed by atoms with E-state index in [4.69, 9.17) is 4.42 Å². The molecule has 1 N–H and O–H groups in total. The van der Waals surface area contributed by atoms with Gasteiger partial charge in [-0.2, -0.15) is 5.10 Å². The van der Waals surface area contributed by atoms with Crippen molar-refractivity contribution in [1.82, 2.24) is 15.1 Å². The number of aromatic nitrogens is 2. The first kappa shape index (κ1) is 12.9. The predicted molar refractivity (Wildman–Crippen MR) is 71.5 cm³/mol. The Hall–Kier alpha value is -1.55. The summed E-state index contributed by atoms with van der Waals surface area (Å²) in [4.78, 5) is 0. The van der Waals surface area contributed by atoms with Gasteiger partial charge in [-0.15, -0.1) is 0 Å². The maximum absolute atomic E-state index is 5.47. The first-order valence-electron chi connectivity index (χ1n) is 6.54. The lowest BCUT2D eigenvalue weighted by atomic mass is 10.1. The predicted octanol–water partition coefficient (Wildman–Crippen LogP) is 2.56. The maximum Gasteiger partial charge on any atom is 0.121 e. The molecule has 0 saturated heterocycles. The quantitative estimate of drug-likeness (QED) is 0.853. The van der Waals surface area contributed by atoms with Crippen LogP contribution in [0.4, 0.5) is 0 Å². The van der Waals surface area contributed by atoms with E-state index < -0.39 is 0 Å². The van der Waals surface area contributed by atoms with E-state index in [2.05, 4.69) is 35.0 Å². The SMILES string of the molecule is CCc1cc(CC(NC)c2ccco2)n(CC)n1. The third-order valence-corrected chi connectivity index (χ3v) is 3.22. The first-order chi connectivity index (χ1) is 8.78. The van der Waals surface area contributed by atoms with E-state index in [0.29, 0.717) is 0 Å². The summed E-state index contributed by atoms with van der Waals surface area (Å²) in [6.45, 7) is 5.16. The number of nitrogens with zero attached hydrogens (tertiary/aromatic N) is 2. The summed E-state index contributed by atoms with van der Waals surface area (Å²) in [7, 11) is 1.96. The van der Waals surface area contributed by atoms with Gasteiger partial charge >= 0.3 is 0 Å². The molecule has 2 aromatic heterocycles. The van der Waals surface area contributed by atoms with Crippen LogP contribution in [-0.4, -0.2) is 16.8 Å². The molecule has 0 spiro atoms. The number of hydrogen-bond donors (Lipinski definition) is 1. The number of likely N-dealkylation sites (N-methyl/N-ethyl adjacent to an activating group) is 1. The van der Waals surface area contributed by atoms with E-state index in [1.807, 2.05) is 19.2 Å². The monoisotopic (exact) mass is 247 g/mol. The van der Waals surface area contributed by atoms with Crippen LogP contribution in [0.1, 0.15) is 37.0 Å². The third kappa shape index (κ3) is 2.64. The highest BCUT2D eigenvalue weighted by Crippen LogP contribution is 2.19. The van der Waals surface area contributed by atoms with Crippen LogP contribution in [0.15, 0.2) is 28.9 Å². The molecule has 0 aromatic carbocycles. The Bertz CT molecular complexity index is 473. The zero-order chi connectivity index (χ0) is 13.0. The lowest BCUT2D eigenvalue weighted by Gasteiger charge is -2.14. The van der Waals surface area contributed by atoms with E-state index in [1.54, 1.807) is 6.26 Å². The molecule has 4 nitrogen and oxygen atoms in total. The molecule has 2 aromatic rings. The Labute approximate surface area is 108 Å². The number of furan rings is 1. The highest BCUT2D eigenvalue weighted by atomic mass is 16.3. The second-order valence-corrected chi connectivity index (χ2v) is 4.36. The zero-order valence-electron chi connectivity index (χ0n) is 11.3. The molecule has 0 aliphatic heterocycles. The van der Waals surface area contributed by atoms with Crippen molar-refractivity contribution in [1.29, 1.82) is 0 Å². The summed E-state index contributed by atoms with van der Waals surface area (Å²) in [5, 5.41) is 7.87. The van der Waals surface area contributed by atoms with Crippen LogP contribution in [-0.2, 0) is 19.4 Å². The maximum atomic E-state index is 5.47. The second-order valence-electron chi connectivity index (χ2n) is 4.36. The average molecular weight is 247 g/mol. The summed E-state index contributed by atoms with van der Waals surface area (Å²) in [5.74, 6) is 0.972. The molecular weight excluding hydrogens is 226 g/mol. The van der Waals surface area contributed by atoms with Gasteiger partial charge in [-0.3, -0.25) is 4.68 Å². The van der Waals surface area contributed by atoms with Crippen molar-refractivity contribution in [3.05, 3.63) is 41.6 Å². The average Bonchev–Trinajstić information content (AvgIpc) is 3.04. The Morgan fingerprint density at radius 2 is 2.28 bits per heavy atom. The molecule has 0 bridgehead atoms. The molecule has 2 rings (SSSR count). The Morgan fingerprint density at radius 3 is 2.83 bits per heavy atom. The molecule has 0 radical (unpaired) electrons. The van der Waals surface area contributed by atoms with Crippen molar-refractivity contribution >= 4 is 0 Å². The summed E-state index contributed by atoms with van der Waals surface area (Å²) in [6, 6.07) is 6.33. The Kier molecular flexibility index (Phi) is 4.20. The topological polar surface area (TPSA) is 43.0 Å². The van der Waals surface area contributed by atoms with Crippen molar-refractivity contribution in [3.63, 3.8) is 0 Å². The second kappa shape index (κ2) is 5.87. The van der Waals surface area contributed by atoms with Gasteiger partial charge in [-0.05, 0) is 38.6 Å². The molecular formula is C14H21N3O. The van der Waals surface area contributed by atoms with E-state index in [0.717, 1.165) is 30.8 Å². The van der Waals surface area contributed by atoms with E-state index >= 15 is 0 Å². The van der Waals surface area contributed by atoms with Crippen LogP contribution in [0.5, 0.6) is 0 Å². The van der Waals surface area contributed by atoms with Crippen molar-refractivity contribution in [2.75, 3.05) is 7.05 Å². The molecule has 1 unspecified atom stereocenters. The Balaban J connectivity index is 2.19. The molecule has 0 amide bonds. The highest BCUT2D eigenvalue weighted by Gasteiger charge is 2.16. The molecule has 98 valence electrons. The normalized spacial score (nSPS) is 12.8. The van der Waals surface area contributed by atoms with Gasteiger partial charge in [0.2, 0.25) is 0 Å². The fourth-order valence-electron chi connectivity index (χ4n) is 2.17. The fraction of sp³-hybridized carbons (Fsp3) is 0.500. The Morgan fingerprint density at radius 1 is 1.44 bits per heavy atom. The van der Waals surface area contributed by atoms with Crippen LogP contribution in [0, 0.1) is 0 Å². The fourth-order valence-corrected chi connectivity index (χ4v) is 2.17. The third-order valence-electron chi connectivity index (χ3n) is 3.22.